The van der Waals surface area contributed by atoms with Gasteiger partial charge in [0.25, 0.3) is 11.4 Å². The van der Waals surface area contributed by atoms with E-state index in [2.05, 4.69) is 4.98 Å². The van der Waals surface area contributed by atoms with Gasteiger partial charge in [0, 0.05) is 47.6 Å². The van der Waals surface area contributed by atoms with Crippen molar-refractivity contribution in [2.75, 3.05) is 7.11 Å². The number of aromatic nitrogens is 2. The van der Waals surface area contributed by atoms with Gasteiger partial charge in [-0.2, -0.15) is 0 Å². The van der Waals surface area contributed by atoms with E-state index in [1.807, 2.05) is 28.8 Å². The fourth-order valence-corrected chi connectivity index (χ4v) is 4.14. The molecule has 0 N–H and O–H groups in total. The third-order valence-corrected chi connectivity index (χ3v) is 5.46. The van der Waals surface area contributed by atoms with Crippen LogP contribution in [0.5, 0.6) is 0 Å². The Morgan fingerprint density at radius 3 is 2.31 bits per heavy atom. The molecule has 0 aliphatic carbocycles. The van der Waals surface area contributed by atoms with Crippen molar-refractivity contribution >= 4 is 39.1 Å². The number of hydrogen-bond acceptors (Lipinski definition) is 8. The molecule has 0 unspecified atom stereocenters. The van der Waals surface area contributed by atoms with Crippen LogP contribution >= 0.6 is 0 Å². The maximum Gasteiger partial charge on any atom is 0.357 e. The van der Waals surface area contributed by atoms with Crippen molar-refractivity contribution in [3.63, 3.8) is 0 Å². The van der Waals surface area contributed by atoms with Crippen LogP contribution in [0.25, 0.3) is 21.8 Å². The number of para-hydroxylation sites is 1. The number of ether oxygens (including phenoxy) is 2. The van der Waals surface area contributed by atoms with Gasteiger partial charge in [0.15, 0.2) is 5.69 Å². The molecule has 4 aromatic rings. The van der Waals surface area contributed by atoms with Crippen LogP contribution in [0.3, 0.4) is 0 Å². The minimum absolute atomic E-state index is 0.100. The Hall–Kier alpha value is -4.38. The summed E-state index contributed by atoms with van der Waals surface area (Å²) in [5, 5.41) is 24.3. The summed E-state index contributed by atoms with van der Waals surface area (Å²) in [6.07, 6.45) is 1.21. The Labute approximate surface area is 199 Å². The van der Waals surface area contributed by atoms with E-state index in [-0.39, 0.29) is 36.3 Å². The predicted molar refractivity (Wildman–Crippen MR) is 127 cm³/mol. The fourth-order valence-electron chi connectivity index (χ4n) is 4.14. The van der Waals surface area contributed by atoms with Gasteiger partial charge >= 0.3 is 5.97 Å². The summed E-state index contributed by atoms with van der Waals surface area (Å²) in [5.41, 5.74) is 1.75. The highest BCUT2D eigenvalue weighted by Gasteiger charge is 2.24. The van der Waals surface area contributed by atoms with E-state index in [1.165, 1.54) is 25.4 Å². The van der Waals surface area contributed by atoms with Crippen molar-refractivity contribution in [2.45, 2.75) is 33.1 Å². The largest absolute Gasteiger partial charge is 0.458 e. The van der Waals surface area contributed by atoms with Crippen LogP contribution in [0, 0.1) is 20.2 Å². The highest BCUT2D eigenvalue weighted by molar-refractivity contribution is 6.11. The van der Waals surface area contributed by atoms with Gasteiger partial charge < -0.3 is 14.0 Å². The van der Waals surface area contributed by atoms with Gasteiger partial charge in [-0.1, -0.05) is 18.2 Å². The number of esters is 1. The number of hydrogen-bond donors (Lipinski definition) is 0. The Balaban J connectivity index is 1.96. The Morgan fingerprint density at radius 2 is 1.71 bits per heavy atom. The molecule has 2 aromatic heterocycles. The molecule has 180 valence electrons. The first-order chi connectivity index (χ1) is 16.7. The van der Waals surface area contributed by atoms with Gasteiger partial charge in [0.2, 0.25) is 0 Å². The molecule has 11 nitrogen and oxygen atoms in total. The summed E-state index contributed by atoms with van der Waals surface area (Å²) in [4.78, 5) is 38.5. The summed E-state index contributed by atoms with van der Waals surface area (Å²) in [5.74, 6) is -0.569. The van der Waals surface area contributed by atoms with Gasteiger partial charge in [-0.25, -0.2) is 9.78 Å². The molecule has 0 radical (unpaired) electrons. The lowest BCUT2D eigenvalue weighted by atomic mass is 10.1. The Morgan fingerprint density at radius 1 is 1.06 bits per heavy atom. The van der Waals surface area contributed by atoms with E-state index in [0.717, 1.165) is 22.4 Å². The monoisotopic (exact) mass is 478 g/mol. The predicted octanol–water partition coefficient (Wildman–Crippen LogP) is 4.77. The number of fused-ring (bicyclic) bond motifs is 3. The first kappa shape index (κ1) is 23.8. The average molecular weight is 478 g/mol. The lowest BCUT2D eigenvalue weighted by molar-refractivity contribution is -0.394. The molecule has 0 aliphatic heterocycles. The maximum atomic E-state index is 12.8. The molecule has 0 aliphatic rings. The van der Waals surface area contributed by atoms with E-state index in [9.17, 15) is 25.0 Å². The number of carbonyl (C=O) groups excluding carboxylic acids is 1. The molecule has 0 saturated heterocycles. The van der Waals surface area contributed by atoms with Gasteiger partial charge in [-0.15, -0.1) is 0 Å². The Kier molecular flexibility index (Phi) is 6.43. The SMILES string of the molecule is COCc1c(C(=O)OC(C)C)ncc2c1c1ccccc1n2Cc1cc([N+](=O)[O-])cc([N+](=O)[O-])c1. The van der Waals surface area contributed by atoms with E-state index in [4.69, 9.17) is 9.47 Å². The van der Waals surface area contributed by atoms with Crippen molar-refractivity contribution in [1.29, 1.82) is 0 Å². The molecule has 2 heterocycles. The summed E-state index contributed by atoms with van der Waals surface area (Å²) < 4.78 is 12.6. The topological polar surface area (TPSA) is 140 Å². The fraction of sp³-hybridized carbons (Fsp3) is 0.250. The highest BCUT2D eigenvalue weighted by Crippen LogP contribution is 2.34. The first-order valence-electron chi connectivity index (χ1n) is 10.7. The molecule has 4 rings (SSSR count). The number of nitrogens with zero attached hydrogens (tertiary/aromatic N) is 4. The second kappa shape index (κ2) is 9.47. The normalized spacial score (nSPS) is 11.3. The van der Waals surface area contributed by atoms with Gasteiger partial charge in [-0.3, -0.25) is 20.2 Å². The van der Waals surface area contributed by atoms with Crippen LogP contribution < -0.4 is 0 Å². The number of nitro benzene ring substituents is 2. The molecule has 0 bridgehead atoms. The van der Waals surface area contributed by atoms with E-state index >= 15 is 0 Å². The maximum absolute atomic E-state index is 12.8. The van der Waals surface area contributed by atoms with Crippen LogP contribution in [0.4, 0.5) is 11.4 Å². The molecular weight excluding hydrogens is 456 g/mol. The number of methoxy groups -OCH3 is 1. The quantitative estimate of drug-likeness (QED) is 0.200. The number of non-ortho nitro benzene ring substituents is 2. The molecule has 0 amide bonds. The lowest BCUT2D eigenvalue weighted by Crippen LogP contribution is -2.16. The third kappa shape index (κ3) is 4.53. The molecule has 11 heteroatoms. The highest BCUT2D eigenvalue weighted by atomic mass is 16.6. The minimum Gasteiger partial charge on any atom is -0.458 e. The molecule has 0 spiro atoms. The number of rotatable bonds is 8. The van der Waals surface area contributed by atoms with Gasteiger partial charge in [0.05, 0.1) is 40.3 Å². The smallest absolute Gasteiger partial charge is 0.357 e. The second-order valence-electron chi connectivity index (χ2n) is 8.21. The second-order valence-corrected chi connectivity index (χ2v) is 8.21. The average Bonchev–Trinajstić information content (AvgIpc) is 3.12. The van der Waals surface area contributed by atoms with Crippen LogP contribution in [0.1, 0.15) is 35.5 Å². The standard InChI is InChI=1S/C24H22N4O7/c1-14(2)35-24(29)23-19(13-34-3)22-18-6-4-5-7-20(18)26(21(22)11-25-23)12-15-8-16(27(30)31)10-17(9-15)28(32)33/h4-11,14H,12-13H2,1-3H3. The van der Waals surface area contributed by atoms with Crippen molar-refractivity contribution in [3.8, 4) is 0 Å². The molecular formula is C24H22N4O7. The van der Waals surface area contributed by atoms with Crippen LogP contribution in [0.15, 0.2) is 48.7 Å². The minimum atomic E-state index is -0.659. The van der Waals surface area contributed by atoms with Crippen LogP contribution in [-0.4, -0.2) is 38.6 Å². The Bertz CT molecular complexity index is 1440. The van der Waals surface area contributed by atoms with Crippen molar-refractivity contribution in [1.82, 2.24) is 9.55 Å². The first-order valence-corrected chi connectivity index (χ1v) is 10.7. The van der Waals surface area contributed by atoms with Crippen molar-refractivity contribution in [2.24, 2.45) is 0 Å². The summed E-state index contributed by atoms with van der Waals surface area (Å²) in [6, 6.07) is 11.0. The van der Waals surface area contributed by atoms with E-state index in [1.54, 1.807) is 13.8 Å². The third-order valence-electron chi connectivity index (χ3n) is 5.46. The van der Waals surface area contributed by atoms with E-state index in [0.29, 0.717) is 16.6 Å². The zero-order valence-electron chi connectivity index (χ0n) is 19.3. The summed E-state index contributed by atoms with van der Waals surface area (Å²) in [6.45, 7) is 3.70. The van der Waals surface area contributed by atoms with Gasteiger partial charge in [-0.05, 0) is 25.5 Å². The van der Waals surface area contributed by atoms with Crippen molar-refractivity contribution in [3.05, 3.63) is 85.7 Å². The summed E-state index contributed by atoms with van der Waals surface area (Å²) in [7, 11) is 1.51. The number of pyridine rings is 1. The number of nitro groups is 2. The molecule has 35 heavy (non-hydrogen) atoms. The summed E-state index contributed by atoms with van der Waals surface area (Å²) >= 11 is 0. The molecule has 0 saturated carbocycles. The number of benzene rings is 2. The molecule has 0 atom stereocenters. The molecule has 2 aromatic carbocycles. The molecule has 0 fully saturated rings. The van der Waals surface area contributed by atoms with E-state index < -0.39 is 15.8 Å². The zero-order chi connectivity index (χ0) is 25.3. The van der Waals surface area contributed by atoms with Gasteiger partial charge in [0.1, 0.15) is 0 Å². The van der Waals surface area contributed by atoms with Crippen LogP contribution in [-0.2, 0) is 22.6 Å². The lowest BCUT2D eigenvalue weighted by Gasteiger charge is -2.13. The van der Waals surface area contributed by atoms with Crippen LogP contribution in [0.2, 0.25) is 0 Å². The van der Waals surface area contributed by atoms with Crippen molar-refractivity contribution < 1.29 is 24.1 Å². The zero-order valence-corrected chi connectivity index (χ0v) is 19.3. The number of carbonyl (C=O) groups is 1.